The Bertz CT molecular complexity index is 771. The second kappa shape index (κ2) is 6.61. The molecule has 0 spiro atoms. The van der Waals surface area contributed by atoms with E-state index in [0.29, 0.717) is 35.2 Å². The molecule has 0 atom stereocenters. The summed E-state index contributed by atoms with van der Waals surface area (Å²) in [6.07, 6.45) is 0. The van der Waals surface area contributed by atoms with Gasteiger partial charge in [-0.2, -0.15) is 0 Å². The highest BCUT2D eigenvalue weighted by Gasteiger charge is 2.21. The van der Waals surface area contributed by atoms with Crippen molar-refractivity contribution in [1.82, 2.24) is 10.1 Å². The highest BCUT2D eigenvalue weighted by molar-refractivity contribution is 5.99. The van der Waals surface area contributed by atoms with Gasteiger partial charge in [0.05, 0.1) is 0 Å². The van der Waals surface area contributed by atoms with Crippen LogP contribution in [0.1, 0.15) is 23.0 Å². The van der Waals surface area contributed by atoms with E-state index < -0.39 is 0 Å². The number of benzene rings is 1. The Morgan fingerprint density at radius 3 is 2.75 bits per heavy atom. The summed E-state index contributed by atoms with van der Waals surface area (Å²) in [7, 11) is 0. The minimum atomic E-state index is -0.348. The van der Waals surface area contributed by atoms with Gasteiger partial charge in [-0.05, 0) is 32.0 Å². The first kappa shape index (κ1) is 15.9. The van der Waals surface area contributed by atoms with Gasteiger partial charge in [0.25, 0.3) is 5.91 Å². The van der Waals surface area contributed by atoms with E-state index >= 15 is 0 Å². The number of aryl methyl sites for hydroxylation is 1. The van der Waals surface area contributed by atoms with Gasteiger partial charge in [-0.3, -0.25) is 9.59 Å². The van der Waals surface area contributed by atoms with Crippen LogP contribution in [-0.2, 0) is 4.79 Å². The molecule has 24 heavy (non-hydrogen) atoms. The van der Waals surface area contributed by atoms with Gasteiger partial charge in [-0.1, -0.05) is 5.16 Å². The molecule has 1 aliphatic rings. The average molecular weight is 331 g/mol. The molecule has 0 saturated carbocycles. The molecule has 3 rings (SSSR count). The number of carbonyl (C=O) groups excluding carboxylic acids is 2. The van der Waals surface area contributed by atoms with Gasteiger partial charge in [0.1, 0.15) is 12.3 Å². The lowest BCUT2D eigenvalue weighted by Crippen LogP contribution is -2.37. The van der Waals surface area contributed by atoms with Gasteiger partial charge in [0.15, 0.2) is 17.3 Å². The number of anilines is 1. The molecule has 2 aromatic rings. The lowest BCUT2D eigenvalue weighted by Gasteiger charge is -2.20. The van der Waals surface area contributed by atoms with Crippen LogP contribution in [0.25, 0.3) is 0 Å². The first-order valence-corrected chi connectivity index (χ1v) is 7.49. The number of likely N-dealkylation sites (N-methyl/N-ethyl adjacent to an activating group) is 1. The predicted molar refractivity (Wildman–Crippen MR) is 84.0 cm³/mol. The fourth-order valence-electron chi connectivity index (χ4n) is 2.32. The number of carbonyl (C=O) groups is 2. The van der Waals surface area contributed by atoms with Crippen LogP contribution in [0.15, 0.2) is 28.8 Å². The molecule has 1 aromatic heterocycles. The van der Waals surface area contributed by atoms with Crippen molar-refractivity contribution < 1.29 is 23.6 Å². The Hall–Kier alpha value is -3.03. The molecule has 2 heterocycles. The van der Waals surface area contributed by atoms with Crippen molar-refractivity contribution in [3.05, 3.63) is 35.6 Å². The minimum Gasteiger partial charge on any atom is -0.454 e. The fraction of sp³-hybridized carbons (Fsp3) is 0.312. The van der Waals surface area contributed by atoms with Crippen LogP contribution in [0.3, 0.4) is 0 Å². The molecule has 1 aliphatic heterocycles. The molecule has 8 nitrogen and oxygen atoms in total. The van der Waals surface area contributed by atoms with E-state index in [4.69, 9.17) is 14.0 Å². The quantitative estimate of drug-likeness (QED) is 0.898. The minimum absolute atomic E-state index is 0.0876. The number of fused-ring (bicyclic) bond motifs is 1. The van der Waals surface area contributed by atoms with Gasteiger partial charge < -0.3 is 24.2 Å². The monoisotopic (exact) mass is 331 g/mol. The largest absolute Gasteiger partial charge is 0.454 e. The molecule has 0 fully saturated rings. The molecule has 1 aromatic carbocycles. The summed E-state index contributed by atoms with van der Waals surface area (Å²) in [4.78, 5) is 26.1. The van der Waals surface area contributed by atoms with Crippen LogP contribution in [0.5, 0.6) is 11.5 Å². The molecular formula is C16H17N3O5. The average Bonchev–Trinajstić information content (AvgIpc) is 3.19. The summed E-state index contributed by atoms with van der Waals surface area (Å²) in [5, 5.41) is 6.28. The van der Waals surface area contributed by atoms with Crippen molar-refractivity contribution in [2.24, 2.45) is 0 Å². The molecule has 0 saturated heterocycles. The lowest BCUT2D eigenvalue weighted by molar-refractivity contribution is -0.116. The van der Waals surface area contributed by atoms with E-state index in [1.54, 1.807) is 38.1 Å². The molecular weight excluding hydrogens is 314 g/mol. The van der Waals surface area contributed by atoms with Crippen LogP contribution < -0.4 is 14.8 Å². The highest BCUT2D eigenvalue weighted by atomic mass is 16.7. The maximum atomic E-state index is 12.6. The van der Waals surface area contributed by atoms with Crippen molar-refractivity contribution in [1.29, 1.82) is 0 Å². The summed E-state index contributed by atoms with van der Waals surface area (Å²) < 4.78 is 15.4. The number of nitrogens with zero attached hydrogens (tertiary/aromatic N) is 2. The van der Waals surface area contributed by atoms with Gasteiger partial charge in [0.2, 0.25) is 12.7 Å². The molecule has 2 amide bonds. The normalized spacial score (nSPS) is 12.1. The van der Waals surface area contributed by atoms with Gasteiger partial charge in [0, 0.05) is 18.2 Å². The van der Waals surface area contributed by atoms with Crippen LogP contribution in [0.4, 0.5) is 5.82 Å². The van der Waals surface area contributed by atoms with Crippen LogP contribution in [-0.4, -0.2) is 41.8 Å². The summed E-state index contributed by atoms with van der Waals surface area (Å²) in [5.41, 5.74) is 0.436. The number of amides is 2. The van der Waals surface area contributed by atoms with E-state index in [1.807, 2.05) is 0 Å². The van der Waals surface area contributed by atoms with E-state index in [1.165, 1.54) is 4.90 Å². The molecule has 0 aliphatic carbocycles. The summed E-state index contributed by atoms with van der Waals surface area (Å²) in [5.74, 6) is 1.44. The first-order valence-electron chi connectivity index (χ1n) is 7.49. The standard InChI is InChI=1S/C16H17N3O5/c1-3-19(8-15(20)17-14-6-10(2)24-18-14)16(21)11-4-5-12-13(7-11)23-9-22-12/h4-7H,3,8-9H2,1-2H3,(H,17,18,20). The summed E-state index contributed by atoms with van der Waals surface area (Å²) >= 11 is 0. The molecule has 0 radical (unpaired) electrons. The number of hydrogen-bond acceptors (Lipinski definition) is 6. The maximum Gasteiger partial charge on any atom is 0.254 e. The number of nitrogens with one attached hydrogen (secondary N) is 1. The predicted octanol–water partition coefficient (Wildman–Crippen LogP) is 1.81. The number of ether oxygens (including phenoxy) is 2. The number of hydrogen-bond donors (Lipinski definition) is 1. The Balaban J connectivity index is 1.66. The first-order chi connectivity index (χ1) is 11.6. The number of aromatic nitrogens is 1. The van der Waals surface area contributed by atoms with Gasteiger partial charge in [-0.15, -0.1) is 0 Å². The third kappa shape index (κ3) is 3.32. The van der Waals surface area contributed by atoms with Gasteiger partial charge >= 0.3 is 0 Å². The van der Waals surface area contributed by atoms with Crippen molar-refractivity contribution in [2.45, 2.75) is 13.8 Å². The van der Waals surface area contributed by atoms with Crippen molar-refractivity contribution in [2.75, 3.05) is 25.2 Å². The van der Waals surface area contributed by atoms with Crippen LogP contribution >= 0.6 is 0 Å². The van der Waals surface area contributed by atoms with E-state index in [0.717, 1.165) is 0 Å². The topological polar surface area (TPSA) is 93.9 Å². The Kier molecular flexibility index (Phi) is 4.37. The zero-order valence-corrected chi connectivity index (χ0v) is 13.4. The summed E-state index contributed by atoms with van der Waals surface area (Å²) in [6, 6.07) is 6.55. The molecule has 0 bridgehead atoms. The zero-order valence-electron chi connectivity index (χ0n) is 13.4. The Labute approximate surface area is 138 Å². The molecule has 1 N–H and O–H groups in total. The maximum absolute atomic E-state index is 12.6. The lowest BCUT2D eigenvalue weighted by atomic mass is 10.1. The van der Waals surface area contributed by atoms with Crippen LogP contribution in [0, 0.1) is 6.92 Å². The zero-order chi connectivity index (χ0) is 17.1. The highest BCUT2D eigenvalue weighted by Crippen LogP contribution is 2.32. The Morgan fingerprint density at radius 2 is 2.04 bits per heavy atom. The van der Waals surface area contributed by atoms with Crippen molar-refractivity contribution >= 4 is 17.6 Å². The van der Waals surface area contributed by atoms with Crippen molar-refractivity contribution in [3.8, 4) is 11.5 Å². The fourth-order valence-corrected chi connectivity index (χ4v) is 2.32. The third-order valence-electron chi connectivity index (χ3n) is 3.52. The SMILES string of the molecule is CCN(CC(=O)Nc1cc(C)on1)C(=O)c1ccc2c(c1)OCO2. The second-order valence-corrected chi connectivity index (χ2v) is 5.26. The number of rotatable bonds is 5. The van der Waals surface area contributed by atoms with E-state index in [9.17, 15) is 9.59 Å². The van der Waals surface area contributed by atoms with Crippen LogP contribution in [0.2, 0.25) is 0 Å². The molecule has 8 heteroatoms. The molecule has 0 unspecified atom stereocenters. The van der Waals surface area contributed by atoms with Gasteiger partial charge in [-0.25, -0.2) is 0 Å². The van der Waals surface area contributed by atoms with E-state index in [2.05, 4.69) is 10.5 Å². The second-order valence-electron chi connectivity index (χ2n) is 5.26. The Morgan fingerprint density at radius 1 is 1.25 bits per heavy atom. The smallest absolute Gasteiger partial charge is 0.254 e. The molecule has 126 valence electrons. The van der Waals surface area contributed by atoms with Crippen molar-refractivity contribution in [3.63, 3.8) is 0 Å². The third-order valence-corrected chi connectivity index (χ3v) is 3.52. The van der Waals surface area contributed by atoms with E-state index in [-0.39, 0.29) is 25.2 Å². The summed E-state index contributed by atoms with van der Waals surface area (Å²) in [6.45, 7) is 3.97.